The quantitative estimate of drug-likeness (QED) is 0.173. The molecule has 5 rings (SSSR count). The molecule has 2 amide bonds. The van der Waals surface area contributed by atoms with Crippen LogP contribution in [-0.4, -0.2) is 43.8 Å². The SMILES string of the molecule is Cc1ccc(S(=O)(=O)N(CC(=O)N(Cc2ccc(Br)cc2)[C@H](Cc2ccccc2)C(=O)NC2CCCC2)c2cccc(C)c2)cc1. The Morgan fingerprint density at radius 2 is 1.50 bits per heavy atom. The topological polar surface area (TPSA) is 86.8 Å². The second kappa shape index (κ2) is 15.1. The van der Waals surface area contributed by atoms with E-state index < -0.39 is 28.5 Å². The largest absolute Gasteiger partial charge is 0.352 e. The fourth-order valence-electron chi connectivity index (χ4n) is 5.86. The minimum atomic E-state index is -4.14. The van der Waals surface area contributed by atoms with E-state index in [1.165, 1.54) is 0 Å². The maximum atomic E-state index is 14.6. The predicted octanol–water partition coefficient (Wildman–Crippen LogP) is 6.96. The summed E-state index contributed by atoms with van der Waals surface area (Å²) in [5.41, 5.74) is 3.90. The third-order valence-corrected chi connectivity index (χ3v) is 10.7. The van der Waals surface area contributed by atoms with Crippen LogP contribution in [0.25, 0.3) is 0 Å². The van der Waals surface area contributed by atoms with Gasteiger partial charge in [0.1, 0.15) is 12.6 Å². The van der Waals surface area contributed by atoms with Gasteiger partial charge in [-0.25, -0.2) is 8.42 Å². The summed E-state index contributed by atoms with van der Waals surface area (Å²) in [6, 6.07) is 30.1. The van der Waals surface area contributed by atoms with Crippen LogP contribution in [0, 0.1) is 13.8 Å². The number of sulfonamides is 1. The maximum absolute atomic E-state index is 14.6. The van der Waals surface area contributed by atoms with E-state index in [0.717, 1.165) is 56.7 Å². The number of nitrogens with one attached hydrogen (secondary N) is 1. The van der Waals surface area contributed by atoms with Gasteiger partial charge in [-0.15, -0.1) is 0 Å². The van der Waals surface area contributed by atoms with Crippen molar-refractivity contribution < 1.29 is 18.0 Å². The van der Waals surface area contributed by atoms with E-state index in [1.807, 2.05) is 74.5 Å². The summed E-state index contributed by atoms with van der Waals surface area (Å²) in [7, 11) is -4.14. The third-order valence-electron chi connectivity index (χ3n) is 8.42. The molecule has 0 heterocycles. The van der Waals surface area contributed by atoms with Gasteiger partial charge in [-0.3, -0.25) is 13.9 Å². The van der Waals surface area contributed by atoms with Gasteiger partial charge in [-0.2, -0.15) is 0 Å². The molecule has 0 radical (unpaired) electrons. The van der Waals surface area contributed by atoms with E-state index in [9.17, 15) is 18.0 Å². The highest BCUT2D eigenvalue weighted by Gasteiger charge is 2.35. The molecule has 0 bridgehead atoms. The molecule has 240 valence electrons. The van der Waals surface area contributed by atoms with E-state index in [1.54, 1.807) is 47.4 Å². The van der Waals surface area contributed by atoms with Gasteiger partial charge >= 0.3 is 0 Å². The fourth-order valence-corrected chi connectivity index (χ4v) is 7.53. The summed E-state index contributed by atoms with van der Waals surface area (Å²) in [5.74, 6) is -0.702. The summed E-state index contributed by atoms with van der Waals surface area (Å²) in [6.07, 6.45) is 4.20. The van der Waals surface area contributed by atoms with E-state index in [2.05, 4.69) is 21.2 Å². The molecule has 0 unspecified atom stereocenters. The second-order valence-electron chi connectivity index (χ2n) is 12.0. The van der Waals surface area contributed by atoms with Crippen LogP contribution in [-0.2, 0) is 32.6 Å². The van der Waals surface area contributed by atoms with Crippen molar-refractivity contribution in [2.75, 3.05) is 10.8 Å². The van der Waals surface area contributed by atoms with Crippen molar-refractivity contribution in [1.82, 2.24) is 10.2 Å². The van der Waals surface area contributed by atoms with Crippen LogP contribution in [0.4, 0.5) is 5.69 Å². The van der Waals surface area contributed by atoms with Crippen molar-refractivity contribution in [3.05, 3.63) is 130 Å². The number of hydrogen-bond donors (Lipinski definition) is 1. The van der Waals surface area contributed by atoms with Gasteiger partial charge in [-0.1, -0.05) is 101 Å². The summed E-state index contributed by atoms with van der Waals surface area (Å²) >= 11 is 3.48. The van der Waals surface area contributed by atoms with Crippen LogP contribution >= 0.6 is 15.9 Å². The molecule has 46 heavy (non-hydrogen) atoms. The number of aryl methyl sites for hydroxylation is 2. The van der Waals surface area contributed by atoms with Crippen molar-refractivity contribution in [2.24, 2.45) is 0 Å². The lowest BCUT2D eigenvalue weighted by atomic mass is 10.0. The Hall–Kier alpha value is -3.95. The van der Waals surface area contributed by atoms with Crippen LogP contribution in [0.5, 0.6) is 0 Å². The number of hydrogen-bond acceptors (Lipinski definition) is 4. The minimum Gasteiger partial charge on any atom is -0.352 e. The molecule has 1 aliphatic carbocycles. The number of anilines is 1. The summed E-state index contributed by atoms with van der Waals surface area (Å²) in [6.45, 7) is 3.43. The normalized spacial score (nSPS) is 14.1. The van der Waals surface area contributed by atoms with E-state index in [4.69, 9.17) is 0 Å². The van der Waals surface area contributed by atoms with Gasteiger partial charge in [-0.05, 0) is 79.8 Å². The zero-order valence-corrected chi connectivity index (χ0v) is 28.6. The number of benzene rings is 4. The Morgan fingerprint density at radius 1 is 0.826 bits per heavy atom. The average molecular weight is 703 g/mol. The summed E-state index contributed by atoms with van der Waals surface area (Å²) < 4.78 is 30.5. The molecule has 1 atom stereocenters. The lowest BCUT2D eigenvalue weighted by molar-refractivity contribution is -0.140. The zero-order valence-electron chi connectivity index (χ0n) is 26.2. The number of carbonyl (C=O) groups excluding carboxylic acids is 2. The first-order chi connectivity index (χ1) is 22.1. The highest BCUT2D eigenvalue weighted by Crippen LogP contribution is 2.27. The van der Waals surface area contributed by atoms with Crippen molar-refractivity contribution in [3.63, 3.8) is 0 Å². The monoisotopic (exact) mass is 701 g/mol. The predicted molar refractivity (Wildman–Crippen MR) is 186 cm³/mol. The van der Waals surface area contributed by atoms with Crippen LogP contribution < -0.4 is 9.62 Å². The first-order valence-corrected chi connectivity index (χ1v) is 17.9. The first kappa shape index (κ1) is 33.4. The Kier molecular flexibility index (Phi) is 11.0. The second-order valence-corrected chi connectivity index (χ2v) is 14.8. The number of nitrogens with zero attached hydrogens (tertiary/aromatic N) is 2. The van der Waals surface area contributed by atoms with Gasteiger partial charge < -0.3 is 10.2 Å². The van der Waals surface area contributed by atoms with Gasteiger partial charge in [0.2, 0.25) is 11.8 Å². The summed E-state index contributed by atoms with van der Waals surface area (Å²) in [5, 5.41) is 3.21. The van der Waals surface area contributed by atoms with E-state index in [0.29, 0.717) is 5.69 Å². The Bertz CT molecular complexity index is 1740. The molecule has 7 nitrogen and oxygen atoms in total. The van der Waals surface area contributed by atoms with Gasteiger partial charge in [0, 0.05) is 23.5 Å². The molecule has 1 fully saturated rings. The molecular formula is C37H40BrN3O4S. The number of amides is 2. The van der Waals surface area contributed by atoms with Gasteiger partial charge in [0.05, 0.1) is 10.6 Å². The number of halogens is 1. The lowest BCUT2D eigenvalue weighted by Gasteiger charge is -2.34. The molecule has 1 saturated carbocycles. The fraction of sp³-hybridized carbons (Fsp3) is 0.297. The smallest absolute Gasteiger partial charge is 0.264 e. The Labute approximate surface area is 280 Å². The van der Waals surface area contributed by atoms with Crippen molar-refractivity contribution in [3.8, 4) is 0 Å². The molecular weight excluding hydrogens is 662 g/mol. The zero-order chi connectivity index (χ0) is 32.7. The molecule has 1 aliphatic rings. The molecule has 0 aromatic heterocycles. The van der Waals surface area contributed by atoms with Crippen LogP contribution in [0.15, 0.2) is 112 Å². The van der Waals surface area contributed by atoms with Crippen LogP contribution in [0.1, 0.15) is 47.9 Å². The standard InChI is InChI=1S/C37H40BrN3O4S/c1-27-15-21-34(22-16-27)46(44,45)41(33-14-8-9-28(2)23-33)26-36(42)40(25-30-17-19-31(38)20-18-30)35(24-29-10-4-3-5-11-29)37(43)39-32-12-6-7-13-32/h3-5,8-11,14-23,32,35H,6-7,12-13,24-26H2,1-2H3,(H,39,43)/t35-/m1/s1. The Morgan fingerprint density at radius 3 is 2.15 bits per heavy atom. The van der Waals surface area contributed by atoms with Crippen molar-refractivity contribution >= 4 is 43.5 Å². The van der Waals surface area contributed by atoms with Crippen molar-refractivity contribution in [2.45, 2.75) is 69.5 Å². The van der Waals surface area contributed by atoms with Crippen molar-refractivity contribution in [1.29, 1.82) is 0 Å². The molecule has 9 heteroatoms. The first-order valence-electron chi connectivity index (χ1n) is 15.6. The van der Waals surface area contributed by atoms with E-state index in [-0.39, 0.29) is 29.8 Å². The average Bonchev–Trinajstić information content (AvgIpc) is 3.56. The van der Waals surface area contributed by atoms with E-state index >= 15 is 0 Å². The third kappa shape index (κ3) is 8.44. The minimum absolute atomic E-state index is 0.0566. The number of carbonyl (C=O) groups is 2. The van der Waals surface area contributed by atoms with Crippen LogP contribution in [0.3, 0.4) is 0 Å². The highest BCUT2D eigenvalue weighted by atomic mass is 79.9. The molecule has 1 N–H and O–H groups in total. The van der Waals surface area contributed by atoms with Gasteiger partial charge in [0.15, 0.2) is 0 Å². The highest BCUT2D eigenvalue weighted by molar-refractivity contribution is 9.10. The molecule has 0 spiro atoms. The van der Waals surface area contributed by atoms with Gasteiger partial charge in [0.25, 0.3) is 10.0 Å². The van der Waals surface area contributed by atoms with Crippen LogP contribution in [0.2, 0.25) is 0 Å². The summed E-state index contributed by atoms with van der Waals surface area (Å²) in [4.78, 5) is 30.4. The molecule has 0 aliphatic heterocycles. The molecule has 4 aromatic carbocycles. The maximum Gasteiger partial charge on any atom is 0.264 e. The number of rotatable bonds is 12. The Balaban J connectivity index is 1.56. The molecule has 0 saturated heterocycles. The molecule has 4 aromatic rings. The lowest BCUT2D eigenvalue weighted by Crippen LogP contribution is -2.54.